The summed E-state index contributed by atoms with van der Waals surface area (Å²) in [6, 6.07) is 5.77. The molecule has 6 rings (SSSR count). The zero-order chi connectivity index (χ0) is 20.8. The molecule has 2 N–H and O–H groups in total. The number of piperazine rings is 1. The van der Waals surface area contributed by atoms with Crippen LogP contribution in [-0.2, 0) is 11.3 Å². The molecule has 160 valence electrons. The Morgan fingerprint density at radius 3 is 2.90 bits per heavy atom. The van der Waals surface area contributed by atoms with E-state index < -0.39 is 0 Å². The van der Waals surface area contributed by atoms with Gasteiger partial charge < -0.3 is 19.4 Å². The number of fused-ring (bicyclic) bond motifs is 3. The summed E-state index contributed by atoms with van der Waals surface area (Å²) in [5.74, 6) is 0.514. The smallest absolute Gasteiger partial charge is 0.298 e. The quantitative estimate of drug-likeness (QED) is 0.468. The highest BCUT2D eigenvalue weighted by Crippen LogP contribution is 2.38. The van der Waals surface area contributed by atoms with Crippen LogP contribution in [0.4, 0.5) is 6.01 Å². The molecule has 4 aromatic rings. The number of aromatic nitrogens is 6. The standard InChI is InChI=1S/C20H22N8O2S/c1-11(29-10-16-24-26-27-25-16)14-4-5-15(19-21-6-7-31-19)18-17(14)23-20(30-18)28-8-12-2-3-13(9-28)22-12/h4-7,11-13,22H,2-3,8-10H2,1H3,(H,24,25,26,27). The molecule has 0 aliphatic carbocycles. The van der Waals surface area contributed by atoms with Gasteiger partial charge in [0.1, 0.15) is 17.1 Å². The number of benzene rings is 1. The number of hydrogen-bond donors (Lipinski definition) is 2. The molecule has 11 heteroatoms. The van der Waals surface area contributed by atoms with Gasteiger partial charge in [-0.3, -0.25) is 0 Å². The third-order valence-electron chi connectivity index (χ3n) is 6.00. The number of anilines is 1. The number of hydrogen-bond acceptors (Lipinski definition) is 10. The molecule has 3 atom stereocenters. The summed E-state index contributed by atoms with van der Waals surface area (Å²) in [7, 11) is 0. The summed E-state index contributed by atoms with van der Waals surface area (Å²) in [4.78, 5) is 11.7. The minimum absolute atomic E-state index is 0.219. The number of aromatic amines is 1. The molecule has 3 aromatic heterocycles. The van der Waals surface area contributed by atoms with Crippen LogP contribution in [0.15, 0.2) is 28.1 Å². The van der Waals surface area contributed by atoms with Gasteiger partial charge in [-0.15, -0.1) is 21.5 Å². The first-order valence-corrected chi connectivity index (χ1v) is 11.3. The third kappa shape index (κ3) is 3.48. The van der Waals surface area contributed by atoms with Crippen molar-refractivity contribution in [2.75, 3.05) is 18.0 Å². The van der Waals surface area contributed by atoms with Crippen LogP contribution in [0, 0.1) is 0 Å². The van der Waals surface area contributed by atoms with E-state index >= 15 is 0 Å². The minimum atomic E-state index is -0.219. The van der Waals surface area contributed by atoms with Crippen molar-refractivity contribution in [1.82, 2.24) is 35.9 Å². The maximum atomic E-state index is 6.39. The van der Waals surface area contributed by atoms with E-state index in [-0.39, 0.29) is 12.7 Å². The average Bonchev–Trinajstić information content (AvgIpc) is 3.58. The maximum Gasteiger partial charge on any atom is 0.298 e. The van der Waals surface area contributed by atoms with E-state index in [1.807, 2.05) is 30.6 Å². The first-order valence-electron chi connectivity index (χ1n) is 10.4. The Bertz CT molecular complexity index is 1160. The summed E-state index contributed by atoms with van der Waals surface area (Å²) in [5, 5.41) is 20.5. The van der Waals surface area contributed by atoms with Gasteiger partial charge in [-0.2, -0.15) is 10.2 Å². The molecule has 5 heterocycles. The third-order valence-corrected chi connectivity index (χ3v) is 6.81. The Morgan fingerprint density at radius 1 is 1.29 bits per heavy atom. The number of H-pyrrole nitrogens is 1. The number of oxazole rings is 1. The van der Waals surface area contributed by atoms with Crippen molar-refractivity contribution in [3.63, 3.8) is 0 Å². The van der Waals surface area contributed by atoms with Gasteiger partial charge in [-0.1, -0.05) is 11.3 Å². The van der Waals surface area contributed by atoms with Gasteiger partial charge in [0.2, 0.25) is 0 Å². The number of tetrazole rings is 1. The predicted octanol–water partition coefficient (Wildman–Crippen LogP) is 2.68. The SMILES string of the molecule is CC(OCc1nn[nH]n1)c1ccc(-c2nccs2)c2oc(N3CC4CCC(C3)N4)nc12. The second-order valence-electron chi connectivity index (χ2n) is 8.04. The molecule has 1 aromatic carbocycles. The largest absolute Gasteiger partial charge is 0.423 e. The van der Waals surface area contributed by atoms with Crippen LogP contribution in [0.2, 0.25) is 0 Å². The molecule has 3 unspecified atom stereocenters. The van der Waals surface area contributed by atoms with Gasteiger partial charge in [0.25, 0.3) is 6.01 Å². The van der Waals surface area contributed by atoms with Gasteiger partial charge in [0, 0.05) is 42.3 Å². The van der Waals surface area contributed by atoms with Crippen LogP contribution in [0.5, 0.6) is 0 Å². The molecule has 10 nitrogen and oxygen atoms in total. The van der Waals surface area contributed by atoms with Crippen molar-refractivity contribution in [2.45, 2.75) is 44.6 Å². The van der Waals surface area contributed by atoms with Crippen LogP contribution in [-0.4, -0.2) is 55.8 Å². The number of ether oxygens (including phenoxy) is 1. The zero-order valence-electron chi connectivity index (χ0n) is 17.0. The lowest BCUT2D eigenvalue weighted by Gasteiger charge is -2.31. The van der Waals surface area contributed by atoms with Gasteiger partial charge in [0.15, 0.2) is 11.4 Å². The van der Waals surface area contributed by atoms with Crippen molar-refractivity contribution >= 4 is 28.5 Å². The highest BCUT2D eigenvalue weighted by Gasteiger charge is 2.34. The van der Waals surface area contributed by atoms with Crippen molar-refractivity contribution in [3.05, 3.63) is 35.1 Å². The van der Waals surface area contributed by atoms with Crippen LogP contribution < -0.4 is 10.2 Å². The zero-order valence-corrected chi connectivity index (χ0v) is 17.8. The summed E-state index contributed by atoms with van der Waals surface area (Å²) in [6.45, 7) is 4.08. The van der Waals surface area contributed by atoms with E-state index in [2.05, 4.69) is 35.8 Å². The van der Waals surface area contributed by atoms with Gasteiger partial charge >= 0.3 is 0 Å². The van der Waals surface area contributed by atoms with Crippen LogP contribution in [0.25, 0.3) is 21.7 Å². The van der Waals surface area contributed by atoms with E-state index in [1.54, 1.807) is 11.3 Å². The summed E-state index contributed by atoms with van der Waals surface area (Å²) in [6.07, 6.45) is 4.00. The molecule has 2 saturated heterocycles. The molecule has 0 amide bonds. The molecular formula is C20H22N8O2S. The van der Waals surface area contributed by atoms with Gasteiger partial charge in [-0.05, 0) is 25.8 Å². The van der Waals surface area contributed by atoms with Gasteiger partial charge in [0.05, 0.1) is 11.7 Å². The number of rotatable bonds is 6. The second-order valence-corrected chi connectivity index (χ2v) is 8.93. The van der Waals surface area contributed by atoms with Crippen molar-refractivity contribution in [1.29, 1.82) is 0 Å². The molecule has 31 heavy (non-hydrogen) atoms. The maximum absolute atomic E-state index is 6.39. The molecule has 2 fully saturated rings. The Balaban J connectivity index is 1.38. The van der Waals surface area contributed by atoms with Crippen molar-refractivity contribution in [3.8, 4) is 10.6 Å². The van der Waals surface area contributed by atoms with E-state index in [1.165, 1.54) is 12.8 Å². The molecule has 0 radical (unpaired) electrons. The topological polar surface area (TPSA) is 118 Å². The molecule has 2 aliphatic rings. The summed E-state index contributed by atoms with van der Waals surface area (Å²) < 4.78 is 12.4. The highest BCUT2D eigenvalue weighted by molar-refractivity contribution is 7.13. The molecule has 2 aliphatic heterocycles. The Hall–Kier alpha value is -2.89. The Kier molecular flexibility index (Phi) is 4.66. The van der Waals surface area contributed by atoms with Crippen LogP contribution >= 0.6 is 11.3 Å². The number of nitrogens with zero attached hydrogens (tertiary/aromatic N) is 6. The summed E-state index contributed by atoms with van der Waals surface area (Å²) >= 11 is 1.59. The second kappa shape index (κ2) is 7.66. The average molecular weight is 439 g/mol. The fourth-order valence-corrected chi connectivity index (χ4v) is 5.15. The molecule has 0 spiro atoms. The van der Waals surface area contributed by atoms with E-state index in [0.717, 1.165) is 40.3 Å². The van der Waals surface area contributed by atoms with Crippen molar-refractivity contribution < 1.29 is 9.15 Å². The van der Waals surface area contributed by atoms with E-state index in [4.69, 9.17) is 14.1 Å². The first-order chi connectivity index (χ1) is 15.2. The van der Waals surface area contributed by atoms with E-state index in [0.29, 0.717) is 23.9 Å². The minimum Gasteiger partial charge on any atom is -0.423 e. The fourth-order valence-electron chi connectivity index (χ4n) is 4.49. The Morgan fingerprint density at radius 2 is 2.16 bits per heavy atom. The van der Waals surface area contributed by atoms with E-state index in [9.17, 15) is 0 Å². The van der Waals surface area contributed by atoms with Crippen LogP contribution in [0.1, 0.15) is 37.3 Å². The van der Waals surface area contributed by atoms with Crippen molar-refractivity contribution in [2.24, 2.45) is 0 Å². The lowest BCUT2D eigenvalue weighted by Crippen LogP contribution is -2.51. The van der Waals surface area contributed by atoms with Crippen LogP contribution in [0.3, 0.4) is 0 Å². The Labute approximate surface area is 182 Å². The number of thiazole rings is 1. The molecular weight excluding hydrogens is 416 g/mol. The fraction of sp³-hybridized carbons (Fsp3) is 0.450. The monoisotopic (exact) mass is 438 g/mol. The number of nitrogens with one attached hydrogen (secondary N) is 2. The molecule has 2 bridgehead atoms. The lowest BCUT2D eigenvalue weighted by atomic mass is 10.1. The summed E-state index contributed by atoms with van der Waals surface area (Å²) in [5.41, 5.74) is 3.49. The normalized spacial score (nSPS) is 21.8. The van der Waals surface area contributed by atoms with Gasteiger partial charge in [-0.25, -0.2) is 4.98 Å². The first kappa shape index (κ1) is 18.8. The molecule has 0 saturated carbocycles. The lowest BCUT2D eigenvalue weighted by molar-refractivity contribution is 0.0491. The highest BCUT2D eigenvalue weighted by atomic mass is 32.1. The predicted molar refractivity (Wildman–Crippen MR) is 115 cm³/mol.